The Morgan fingerprint density at radius 2 is 1.96 bits per heavy atom. The molecule has 0 saturated heterocycles. The summed E-state index contributed by atoms with van der Waals surface area (Å²) in [5.41, 5.74) is 3.01. The largest absolute Gasteiger partial charge is 0.378 e. The molecule has 0 saturated carbocycles. The molecular formula is C16H18N6O. The van der Waals surface area contributed by atoms with Crippen molar-refractivity contribution >= 4 is 17.4 Å². The maximum absolute atomic E-state index is 12.2. The molecule has 7 heteroatoms. The van der Waals surface area contributed by atoms with Crippen LogP contribution in [0.3, 0.4) is 0 Å². The molecule has 118 valence electrons. The molecule has 1 aromatic carbocycles. The molecule has 0 aliphatic heterocycles. The molecule has 1 amide bonds. The van der Waals surface area contributed by atoms with Gasteiger partial charge in [-0.1, -0.05) is 12.1 Å². The van der Waals surface area contributed by atoms with Crippen molar-refractivity contribution in [1.29, 1.82) is 0 Å². The monoisotopic (exact) mass is 310 g/mol. The van der Waals surface area contributed by atoms with Gasteiger partial charge in [0.1, 0.15) is 0 Å². The Hall–Kier alpha value is -2.96. The molecule has 23 heavy (non-hydrogen) atoms. The zero-order valence-corrected chi connectivity index (χ0v) is 13.3. The van der Waals surface area contributed by atoms with Gasteiger partial charge in [-0.25, -0.2) is 9.50 Å². The van der Waals surface area contributed by atoms with E-state index >= 15 is 0 Å². The second-order valence-corrected chi connectivity index (χ2v) is 5.48. The topological polar surface area (TPSA) is 75.4 Å². The van der Waals surface area contributed by atoms with E-state index in [0.717, 1.165) is 16.9 Å². The van der Waals surface area contributed by atoms with E-state index in [2.05, 4.69) is 20.4 Å². The second kappa shape index (κ2) is 6.04. The fraction of sp³-hybridized carbons (Fsp3) is 0.250. The number of hydrogen-bond donors (Lipinski definition) is 1. The molecule has 1 N–H and O–H groups in total. The molecule has 2 heterocycles. The van der Waals surface area contributed by atoms with Gasteiger partial charge in [-0.05, 0) is 30.7 Å². The highest BCUT2D eigenvalue weighted by molar-refractivity contribution is 5.90. The van der Waals surface area contributed by atoms with Crippen molar-refractivity contribution in [3.05, 3.63) is 53.6 Å². The highest BCUT2D eigenvalue weighted by atomic mass is 16.2. The predicted octanol–water partition coefficient (Wildman–Crippen LogP) is 1.43. The predicted molar refractivity (Wildman–Crippen MR) is 87.5 cm³/mol. The molecule has 0 radical (unpaired) electrons. The number of aromatic nitrogens is 4. The number of nitrogens with one attached hydrogen (secondary N) is 1. The summed E-state index contributed by atoms with van der Waals surface area (Å²) in [4.78, 5) is 22.5. The van der Waals surface area contributed by atoms with E-state index in [1.54, 1.807) is 10.7 Å². The van der Waals surface area contributed by atoms with Crippen LogP contribution in [0.25, 0.3) is 5.78 Å². The van der Waals surface area contributed by atoms with Crippen molar-refractivity contribution in [1.82, 2.24) is 24.9 Å². The number of aryl methyl sites for hydroxylation is 1. The minimum absolute atomic E-state index is 0.122. The van der Waals surface area contributed by atoms with Crippen LogP contribution in [0.5, 0.6) is 0 Å². The molecule has 7 nitrogen and oxygen atoms in total. The van der Waals surface area contributed by atoms with Crippen LogP contribution in [-0.4, -0.2) is 39.6 Å². The maximum Gasteiger partial charge on any atom is 0.291 e. The van der Waals surface area contributed by atoms with Crippen LogP contribution in [0.2, 0.25) is 0 Å². The molecule has 0 bridgehead atoms. The van der Waals surface area contributed by atoms with Gasteiger partial charge < -0.3 is 10.2 Å². The molecule has 0 spiro atoms. The third kappa shape index (κ3) is 3.13. The highest BCUT2D eigenvalue weighted by Crippen LogP contribution is 2.12. The zero-order valence-electron chi connectivity index (χ0n) is 13.3. The molecule has 2 aromatic heterocycles. The lowest BCUT2D eigenvalue weighted by Gasteiger charge is -2.12. The lowest BCUT2D eigenvalue weighted by molar-refractivity contribution is 0.0940. The van der Waals surface area contributed by atoms with E-state index in [1.165, 1.54) is 0 Å². The number of anilines is 1. The fourth-order valence-electron chi connectivity index (χ4n) is 2.18. The first-order chi connectivity index (χ1) is 11.0. The molecule has 3 aromatic rings. The van der Waals surface area contributed by atoms with Crippen molar-refractivity contribution in [3.8, 4) is 0 Å². The first-order valence-corrected chi connectivity index (χ1v) is 7.27. The van der Waals surface area contributed by atoms with Crippen LogP contribution in [0.15, 0.2) is 36.5 Å². The van der Waals surface area contributed by atoms with E-state index in [9.17, 15) is 4.79 Å². The zero-order chi connectivity index (χ0) is 16.4. The number of amides is 1. The van der Waals surface area contributed by atoms with Gasteiger partial charge in [-0.3, -0.25) is 4.79 Å². The molecule has 0 aliphatic rings. The van der Waals surface area contributed by atoms with Gasteiger partial charge in [0.05, 0.1) is 0 Å². The summed E-state index contributed by atoms with van der Waals surface area (Å²) in [6.45, 7) is 2.31. The van der Waals surface area contributed by atoms with E-state index in [4.69, 9.17) is 0 Å². The highest BCUT2D eigenvalue weighted by Gasteiger charge is 2.13. The second-order valence-electron chi connectivity index (χ2n) is 5.48. The van der Waals surface area contributed by atoms with Crippen molar-refractivity contribution in [2.45, 2.75) is 13.5 Å². The summed E-state index contributed by atoms with van der Waals surface area (Å²) >= 11 is 0. The maximum atomic E-state index is 12.2. The molecule has 0 fully saturated rings. The average molecular weight is 310 g/mol. The molecule has 0 aliphatic carbocycles. The number of hydrogen-bond acceptors (Lipinski definition) is 5. The molecule has 0 unspecified atom stereocenters. The normalized spacial score (nSPS) is 10.7. The number of carbonyl (C=O) groups is 1. The first-order valence-electron chi connectivity index (χ1n) is 7.27. The molecule has 3 rings (SSSR count). The minimum Gasteiger partial charge on any atom is -0.378 e. The fourth-order valence-corrected chi connectivity index (χ4v) is 2.18. The lowest BCUT2D eigenvalue weighted by atomic mass is 10.2. The van der Waals surface area contributed by atoms with Gasteiger partial charge in [0, 0.05) is 38.2 Å². The van der Waals surface area contributed by atoms with E-state index in [1.807, 2.05) is 56.3 Å². The van der Waals surface area contributed by atoms with Crippen molar-refractivity contribution < 1.29 is 4.79 Å². The van der Waals surface area contributed by atoms with Gasteiger partial charge in [-0.15, -0.1) is 5.10 Å². The SMILES string of the molecule is Cc1ccnc2nc(C(=O)NCc3ccc(N(C)C)cc3)nn12. The molecular weight excluding hydrogens is 292 g/mol. The Bertz CT molecular complexity index is 837. The van der Waals surface area contributed by atoms with Crippen LogP contribution in [0.1, 0.15) is 21.9 Å². The number of benzene rings is 1. The number of rotatable bonds is 4. The van der Waals surface area contributed by atoms with Gasteiger partial charge in [0.2, 0.25) is 5.82 Å². The molecule has 0 atom stereocenters. The Kier molecular flexibility index (Phi) is 3.92. The third-order valence-electron chi connectivity index (χ3n) is 3.54. The van der Waals surface area contributed by atoms with Crippen molar-refractivity contribution in [2.75, 3.05) is 19.0 Å². The summed E-state index contributed by atoms with van der Waals surface area (Å²) < 4.78 is 1.56. The van der Waals surface area contributed by atoms with Crippen LogP contribution >= 0.6 is 0 Å². The minimum atomic E-state index is -0.313. The van der Waals surface area contributed by atoms with Gasteiger partial charge >= 0.3 is 0 Å². The summed E-state index contributed by atoms with van der Waals surface area (Å²) in [5, 5.41) is 7.01. The quantitative estimate of drug-likeness (QED) is 0.789. The van der Waals surface area contributed by atoms with E-state index < -0.39 is 0 Å². The number of carbonyl (C=O) groups excluding carboxylic acids is 1. The van der Waals surface area contributed by atoms with Gasteiger partial charge in [0.15, 0.2) is 0 Å². The average Bonchev–Trinajstić information content (AvgIpc) is 2.99. The summed E-state index contributed by atoms with van der Waals surface area (Å²) in [6.07, 6.45) is 1.65. The van der Waals surface area contributed by atoms with Crippen LogP contribution < -0.4 is 10.2 Å². The summed E-state index contributed by atoms with van der Waals surface area (Å²) in [7, 11) is 3.98. The number of nitrogens with zero attached hydrogens (tertiary/aromatic N) is 5. The first kappa shape index (κ1) is 15.0. The van der Waals surface area contributed by atoms with Crippen molar-refractivity contribution in [2.24, 2.45) is 0 Å². The van der Waals surface area contributed by atoms with E-state index in [-0.39, 0.29) is 11.7 Å². The summed E-state index contributed by atoms with van der Waals surface area (Å²) in [5.74, 6) is 0.230. The van der Waals surface area contributed by atoms with Gasteiger partial charge in [-0.2, -0.15) is 4.98 Å². The third-order valence-corrected chi connectivity index (χ3v) is 3.54. The smallest absolute Gasteiger partial charge is 0.291 e. The van der Waals surface area contributed by atoms with E-state index in [0.29, 0.717) is 12.3 Å². The standard InChI is InChI=1S/C16H18N6O/c1-11-8-9-17-16-19-14(20-22(11)16)15(23)18-10-12-4-6-13(7-5-12)21(2)3/h4-9H,10H2,1-3H3,(H,18,23). The van der Waals surface area contributed by atoms with Gasteiger partial charge in [0.25, 0.3) is 11.7 Å². The Labute approximate surface area is 134 Å². The lowest BCUT2D eigenvalue weighted by Crippen LogP contribution is -2.24. The number of fused-ring (bicyclic) bond motifs is 1. The Morgan fingerprint density at radius 1 is 1.22 bits per heavy atom. The van der Waals surface area contributed by atoms with Crippen molar-refractivity contribution in [3.63, 3.8) is 0 Å². The Morgan fingerprint density at radius 3 is 2.61 bits per heavy atom. The van der Waals surface area contributed by atoms with Crippen LogP contribution in [0, 0.1) is 6.92 Å². The van der Waals surface area contributed by atoms with Crippen LogP contribution in [-0.2, 0) is 6.54 Å². The Balaban J connectivity index is 1.69. The summed E-state index contributed by atoms with van der Waals surface area (Å²) in [6, 6.07) is 9.81. The van der Waals surface area contributed by atoms with Crippen LogP contribution in [0.4, 0.5) is 5.69 Å².